The molecule has 0 spiro atoms. The molecule has 0 heterocycles. The molecule has 13 heavy (non-hydrogen) atoms. The number of carbonyl (C=O) groups excluding carboxylic acids is 1. The molecule has 0 saturated carbocycles. The number of Topliss-reactive ketones (excluding diaryl/α,β-unsaturated/α-hetero) is 1. The zero-order valence-electron chi connectivity index (χ0n) is 7.04. The molecule has 6 nitrogen and oxygen atoms in total. The summed E-state index contributed by atoms with van der Waals surface area (Å²) in [6, 6.07) is 0. The van der Waals surface area contributed by atoms with Crippen molar-refractivity contribution in [3.63, 3.8) is 0 Å². The van der Waals surface area contributed by atoms with Crippen LogP contribution in [0.25, 0.3) is 0 Å². The van der Waals surface area contributed by atoms with Crippen LogP contribution in [0.3, 0.4) is 0 Å². The van der Waals surface area contributed by atoms with Crippen molar-refractivity contribution in [2.45, 2.75) is 19.1 Å². The number of aliphatic carboxylic acids is 1. The first-order valence-electron chi connectivity index (χ1n) is 3.65. The van der Waals surface area contributed by atoms with Crippen LogP contribution in [-0.4, -0.2) is 51.0 Å². The molecule has 3 unspecified atom stereocenters. The van der Waals surface area contributed by atoms with Gasteiger partial charge in [-0.15, -0.1) is 0 Å². The molecule has 4 N–H and O–H groups in total. The lowest BCUT2D eigenvalue weighted by atomic mass is 9.95. The third-order valence-corrected chi connectivity index (χ3v) is 1.56. The number of rotatable bonds is 5. The van der Waals surface area contributed by atoms with Crippen LogP contribution in [0.1, 0.15) is 6.92 Å². The first-order chi connectivity index (χ1) is 5.91. The highest BCUT2D eigenvalue weighted by molar-refractivity contribution is 6.01. The summed E-state index contributed by atoms with van der Waals surface area (Å²) in [6.45, 7) is 0.274. The first kappa shape index (κ1) is 12.0. The van der Waals surface area contributed by atoms with E-state index in [1.165, 1.54) is 0 Å². The van der Waals surface area contributed by atoms with Crippen molar-refractivity contribution in [2.24, 2.45) is 5.92 Å². The fraction of sp³-hybridized carbons (Fsp3) is 0.714. The van der Waals surface area contributed by atoms with Gasteiger partial charge in [-0.3, -0.25) is 9.59 Å². The summed E-state index contributed by atoms with van der Waals surface area (Å²) >= 11 is 0. The third kappa shape index (κ3) is 3.10. The van der Waals surface area contributed by atoms with Crippen LogP contribution in [0, 0.1) is 5.92 Å². The highest BCUT2D eigenvalue weighted by Crippen LogP contribution is 2.08. The summed E-state index contributed by atoms with van der Waals surface area (Å²) in [7, 11) is 0. The van der Waals surface area contributed by atoms with Crippen molar-refractivity contribution in [3.05, 3.63) is 0 Å². The van der Waals surface area contributed by atoms with Gasteiger partial charge in [0.25, 0.3) is 0 Å². The van der Waals surface area contributed by atoms with Gasteiger partial charge in [-0.25, -0.2) is 0 Å². The molecular weight excluding hydrogens is 180 g/mol. The van der Waals surface area contributed by atoms with Gasteiger partial charge in [-0.05, 0) is 6.92 Å². The molecule has 0 radical (unpaired) electrons. The number of ketones is 1. The van der Waals surface area contributed by atoms with Crippen LogP contribution in [0.5, 0.6) is 0 Å². The van der Waals surface area contributed by atoms with E-state index >= 15 is 0 Å². The molecule has 0 saturated heterocycles. The second kappa shape index (κ2) is 4.90. The summed E-state index contributed by atoms with van der Waals surface area (Å²) in [5.74, 6) is -4.31. The van der Waals surface area contributed by atoms with Crippen LogP contribution in [-0.2, 0) is 9.59 Å². The molecule has 3 atom stereocenters. The van der Waals surface area contributed by atoms with E-state index in [1.54, 1.807) is 0 Å². The monoisotopic (exact) mass is 192 g/mol. The standard InChI is InChI=1S/C7H12O6/c1-3(9)5(7(12)13)6(11)4(10)2-8/h3-5,8-10H,2H2,1H3,(H,12,13). The average Bonchev–Trinajstić information content (AvgIpc) is 2.01. The quantitative estimate of drug-likeness (QED) is 0.374. The Labute approximate surface area is 74.4 Å². The van der Waals surface area contributed by atoms with E-state index in [1.807, 2.05) is 0 Å². The van der Waals surface area contributed by atoms with Crippen LogP contribution < -0.4 is 0 Å². The minimum Gasteiger partial charge on any atom is -0.481 e. The molecule has 0 aromatic heterocycles. The number of carboxylic acids is 1. The molecule has 0 rings (SSSR count). The van der Waals surface area contributed by atoms with Gasteiger partial charge >= 0.3 is 5.97 Å². The lowest BCUT2D eigenvalue weighted by Crippen LogP contribution is -2.41. The molecule has 0 aromatic carbocycles. The molecule has 6 heteroatoms. The normalized spacial score (nSPS) is 17.5. The van der Waals surface area contributed by atoms with Gasteiger partial charge in [-0.2, -0.15) is 0 Å². The second-order valence-corrected chi connectivity index (χ2v) is 2.66. The molecule has 0 aliphatic rings. The van der Waals surface area contributed by atoms with Crippen molar-refractivity contribution in [1.29, 1.82) is 0 Å². The maximum Gasteiger partial charge on any atom is 0.316 e. The van der Waals surface area contributed by atoms with E-state index in [9.17, 15) is 9.59 Å². The predicted molar refractivity (Wildman–Crippen MR) is 40.9 cm³/mol. The third-order valence-electron chi connectivity index (χ3n) is 1.56. The summed E-state index contributed by atoms with van der Waals surface area (Å²) in [4.78, 5) is 21.4. The minimum atomic E-state index is -1.75. The molecule has 0 fully saturated rings. The number of hydrogen-bond donors (Lipinski definition) is 4. The highest BCUT2D eigenvalue weighted by atomic mass is 16.4. The van der Waals surface area contributed by atoms with Crippen molar-refractivity contribution < 1.29 is 30.0 Å². The van der Waals surface area contributed by atoms with Crippen LogP contribution >= 0.6 is 0 Å². The molecule has 0 aliphatic carbocycles. The lowest BCUT2D eigenvalue weighted by molar-refractivity contribution is -0.154. The fourth-order valence-electron chi connectivity index (χ4n) is 0.863. The largest absolute Gasteiger partial charge is 0.481 e. The maximum absolute atomic E-state index is 11.0. The van der Waals surface area contributed by atoms with Gasteiger partial charge in [0, 0.05) is 0 Å². The van der Waals surface area contributed by atoms with Crippen molar-refractivity contribution in [1.82, 2.24) is 0 Å². The zero-order chi connectivity index (χ0) is 10.6. The Morgan fingerprint density at radius 1 is 1.31 bits per heavy atom. The van der Waals surface area contributed by atoms with Gasteiger partial charge in [-0.1, -0.05) is 0 Å². The summed E-state index contributed by atoms with van der Waals surface area (Å²) in [6.07, 6.45) is -3.15. The SMILES string of the molecule is CC(O)C(C(=O)O)C(=O)C(O)CO. The van der Waals surface area contributed by atoms with E-state index in [0.29, 0.717) is 0 Å². The predicted octanol–water partition coefficient (Wildman–Crippen LogP) is -2.01. The molecular formula is C7H12O6. The Bertz CT molecular complexity index is 199. The Balaban J connectivity index is 4.56. The summed E-state index contributed by atoms with van der Waals surface area (Å²) in [5, 5.41) is 34.6. The van der Waals surface area contributed by atoms with Crippen molar-refractivity contribution in [2.75, 3.05) is 6.61 Å². The number of aliphatic hydroxyl groups excluding tert-OH is 3. The van der Waals surface area contributed by atoms with E-state index in [0.717, 1.165) is 6.92 Å². The highest BCUT2D eigenvalue weighted by Gasteiger charge is 2.34. The number of carbonyl (C=O) groups is 2. The van der Waals surface area contributed by atoms with Gasteiger partial charge in [0.2, 0.25) is 0 Å². The molecule has 0 aromatic rings. The van der Waals surface area contributed by atoms with Crippen molar-refractivity contribution >= 4 is 11.8 Å². The number of hydrogen-bond acceptors (Lipinski definition) is 5. The van der Waals surface area contributed by atoms with Crippen LogP contribution in [0.4, 0.5) is 0 Å². The molecule has 0 amide bonds. The zero-order valence-corrected chi connectivity index (χ0v) is 7.04. The maximum atomic E-state index is 11.0. The van der Waals surface area contributed by atoms with Crippen LogP contribution in [0.2, 0.25) is 0 Å². The number of aliphatic hydroxyl groups is 3. The van der Waals surface area contributed by atoms with Crippen LogP contribution in [0.15, 0.2) is 0 Å². The Morgan fingerprint density at radius 3 is 2.00 bits per heavy atom. The molecule has 0 aliphatic heterocycles. The van der Waals surface area contributed by atoms with Crippen molar-refractivity contribution in [3.8, 4) is 0 Å². The lowest BCUT2D eigenvalue weighted by Gasteiger charge is -2.16. The summed E-state index contributed by atoms with van der Waals surface area (Å²) < 4.78 is 0. The van der Waals surface area contributed by atoms with E-state index in [4.69, 9.17) is 20.4 Å². The Kier molecular flexibility index (Phi) is 4.53. The summed E-state index contributed by atoms with van der Waals surface area (Å²) in [5.41, 5.74) is 0. The van der Waals surface area contributed by atoms with Gasteiger partial charge in [0.1, 0.15) is 12.0 Å². The smallest absolute Gasteiger partial charge is 0.316 e. The molecule has 76 valence electrons. The Morgan fingerprint density at radius 2 is 1.77 bits per heavy atom. The first-order valence-corrected chi connectivity index (χ1v) is 3.65. The molecule has 0 bridgehead atoms. The minimum absolute atomic E-state index is 0.852. The van der Waals surface area contributed by atoms with E-state index in [-0.39, 0.29) is 0 Å². The van der Waals surface area contributed by atoms with Gasteiger partial charge in [0.15, 0.2) is 5.78 Å². The number of carboxylic acid groups (broad SMARTS) is 1. The fourth-order valence-corrected chi connectivity index (χ4v) is 0.863. The van der Waals surface area contributed by atoms with E-state index < -0.39 is 36.5 Å². The second-order valence-electron chi connectivity index (χ2n) is 2.66. The van der Waals surface area contributed by atoms with Gasteiger partial charge < -0.3 is 20.4 Å². The van der Waals surface area contributed by atoms with E-state index in [2.05, 4.69) is 0 Å². The average molecular weight is 192 g/mol. The van der Waals surface area contributed by atoms with Gasteiger partial charge in [0.05, 0.1) is 12.7 Å². The topological polar surface area (TPSA) is 115 Å². The Hall–Kier alpha value is -0.980.